The van der Waals surface area contributed by atoms with Crippen molar-refractivity contribution in [2.24, 2.45) is 5.92 Å². The minimum atomic E-state index is -0.544. The van der Waals surface area contributed by atoms with Crippen molar-refractivity contribution in [3.05, 3.63) is 33.9 Å². The fourth-order valence-corrected chi connectivity index (χ4v) is 1.54. The van der Waals surface area contributed by atoms with Gasteiger partial charge in [-0.05, 0) is 18.1 Å². The first-order valence-electron chi connectivity index (χ1n) is 6.24. The molecule has 104 valence electrons. The van der Waals surface area contributed by atoms with Crippen LogP contribution in [-0.2, 0) is 0 Å². The lowest BCUT2D eigenvalue weighted by Gasteiger charge is -2.11. The van der Waals surface area contributed by atoms with Gasteiger partial charge in [-0.15, -0.1) is 0 Å². The Hall–Kier alpha value is -2.11. The van der Waals surface area contributed by atoms with Crippen LogP contribution in [0.5, 0.6) is 0 Å². The highest BCUT2D eigenvalue weighted by Crippen LogP contribution is 2.22. The van der Waals surface area contributed by atoms with Crippen LogP contribution in [-0.4, -0.2) is 24.4 Å². The third-order valence-electron chi connectivity index (χ3n) is 3.03. The van der Waals surface area contributed by atoms with Gasteiger partial charge in [-0.25, -0.2) is 0 Å². The zero-order chi connectivity index (χ0) is 14.4. The molecule has 19 heavy (non-hydrogen) atoms. The van der Waals surface area contributed by atoms with Crippen molar-refractivity contribution in [2.45, 2.75) is 20.3 Å². The van der Waals surface area contributed by atoms with Crippen molar-refractivity contribution in [3.63, 3.8) is 0 Å². The van der Waals surface area contributed by atoms with Crippen LogP contribution in [0.4, 0.5) is 11.4 Å². The van der Waals surface area contributed by atoms with Gasteiger partial charge >= 0.3 is 0 Å². The molecule has 0 spiro atoms. The van der Waals surface area contributed by atoms with E-state index in [9.17, 15) is 14.9 Å². The predicted molar refractivity (Wildman–Crippen MR) is 74.4 cm³/mol. The summed E-state index contributed by atoms with van der Waals surface area (Å²) >= 11 is 0. The van der Waals surface area contributed by atoms with Gasteiger partial charge in [-0.3, -0.25) is 14.9 Å². The van der Waals surface area contributed by atoms with Gasteiger partial charge in [0.1, 0.15) is 5.56 Å². The summed E-state index contributed by atoms with van der Waals surface area (Å²) in [5, 5.41) is 16.5. The summed E-state index contributed by atoms with van der Waals surface area (Å²) < 4.78 is 0. The van der Waals surface area contributed by atoms with E-state index in [2.05, 4.69) is 10.6 Å². The SMILES string of the molecule is CCC(C)CNC(=O)c1cc(NC)ccc1[N+](=O)[O-]. The fourth-order valence-electron chi connectivity index (χ4n) is 1.54. The zero-order valence-electron chi connectivity index (χ0n) is 11.4. The molecule has 0 heterocycles. The van der Waals surface area contributed by atoms with Gasteiger partial charge in [0.2, 0.25) is 0 Å². The topological polar surface area (TPSA) is 84.3 Å². The molecule has 0 aliphatic heterocycles. The van der Waals surface area contributed by atoms with Crippen molar-refractivity contribution in [1.82, 2.24) is 5.32 Å². The summed E-state index contributed by atoms with van der Waals surface area (Å²) in [5.74, 6) is -0.0698. The lowest BCUT2D eigenvalue weighted by Crippen LogP contribution is -2.28. The lowest BCUT2D eigenvalue weighted by molar-refractivity contribution is -0.385. The summed E-state index contributed by atoms with van der Waals surface area (Å²) in [6, 6.07) is 4.40. The average molecular weight is 265 g/mol. The molecule has 1 amide bonds. The molecule has 0 aliphatic carbocycles. The van der Waals surface area contributed by atoms with E-state index in [0.717, 1.165) is 6.42 Å². The number of hydrogen-bond acceptors (Lipinski definition) is 4. The Kier molecular flexibility index (Phi) is 5.29. The van der Waals surface area contributed by atoms with E-state index in [-0.39, 0.29) is 11.3 Å². The van der Waals surface area contributed by atoms with E-state index < -0.39 is 10.8 Å². The molecule has 6 nitrogen and oxygen atoms in total. The van der Waals surface area contributed by atoms with Gasteiger partial charge < -0.3 is 10.6 Å². The molecule has 0 aromatic heterocycles. The van der Waals surface area contributed by atoms with E-state index in [1.165, 1.54) is 12.1 Å². The Bertz CT molecular complexity index is 474. The van der Waals surface area contributed by atoms with Crippen molar-refractivity contribution >= 4 is 17.3 Å². The average Bonchev–Trinajstić information content (AvgIpc) is 2.43. The second-order valence-corrected chi connectivity index (χ2v) is 4.46. The van der Waals surface area contributed by atoms with Crippen molar-refractivity contribution in [2.75, 3.05) is 18.9 Å². The molecule has 0 bridgehead atoms. The molecule has 0 aliphatic rings. The smallest absolute Gasteiger partial charge is 0.282 e. The second kappa shape index (κ2) is 6.72. The quantitative estimate of drug-likeness (QED) is 0.611. The van der Waals surface area contributed by atoms with E-state index in [1.54, 1.807) is 13.1 Å². The first-order chi connectivity index (χ1) is 8.99. The molecule has 2 N–H and O–H groups in total. The second-order valence-electron chi connectivity index (χ2n) is 4.46. The normalized spacial score (nSPS) is 11.7. The Morgan fingerprint density at radius 1 is 1.47 bits per heavy atom. The first kappa shape index (κ1) is 14.9. The molecular formula is C13H19N3O3. The van der Waals surface area contributed by atoms with Crippen molar-refractivity contribution < 1.29 is 9.72 Å². The number of hydrogen-bond donors (Lipinski definition) is 2. The van der Waals surface area contributed by atoms with Gasteiger partial charge in [-0.2, -0.15) is 0 Å². The maximum Gasteiger partial charge on any atom is 0.282 e. The molecule has 1 rings (SSSR count). The molecule has 1 atom stereocenters. The number of amides is 1. The predicted octanol–water partition coefficient (Wildman–Crippen LogP) is 2.41. The van der Waals surface area contributed by atoms with Crippen LogP contribution < -0.4 is 10.6 Å². The third-order valence-corrected chi connectivity index (χ3v) is 3.03. The summed E-state index contributed by atoms with van der Waals surface area (Å²) in [7, 11) is 1.70. The number of rotatable bonds is 6. The third kappa shape index (κ3) is 3.94. The van der Waals surface area contributed by atoms with Crippen LogP contribution in [0.25, 0.3) is 0 Å². The summed E-state index contributed by atoms with van der Waals surface area (Å²) in [5.41, 5.74) is 0.570. The number of anilines is 1. The van der Waals surface area contributed by atoms with Gasteiger partial charge in [-0.1, -0.05) is 20.3 Å². The molecule has 0 radical (unpaired) electrons. The molecule has 1 unspecified atom stereocenters. The summed E-state index contributed by atoms with van der Waals surface area (Å²) in [6.45, 7) is 4.55. The maximum absolute atomic E-state index is 12.0. The number of nitro benzene ring substituents is 1. The molecule has 1 aromatic carbocycles. The molecule has 6 heteroatoms. The van der Waals surface area contributed by atoms with E-state index >= 15 is 0 Å². The highest BCUT2D eigenvalue weighted by molar-refractivity contribution is 5.99. The van der Waals surface area contributed by atoms with Gasteiger partial charge in [0.15, 0.2) is 0 Å². The molecule has 0 fully saturated rings. The Morgan fingerprint density at radius 3 is 2.68 bits per heavy atom. The Labute approximate surface area is 112 Å². The van der Waals surface area contributed by atoms with Crippen LogP contribution in [0.1, 0.15) is 30.6 Å². The number of carbonyl (C=O) groups is 1. The lowest BCUT2D eigenvalue weighted by atomic mass is 10.1. The molecule has 0 saturated carbocycles. The van der Waals surface area contributed by atoms with Gasteiger partial charge in [0.05, 0.1) is 4.92 Å². The van der Waals surface area contributed by atoms with Gasteiger partial charge in [0.25, 0.3) is 11.6 Å². The largest absolute Gasteiger partial charge is 0.388 e. The fraction of sp³-hybridized carbons (Fsp3) is 0.462. The van der Waals surface area contributed by atoms with Crippen molar-refractivity contribution in [1.29, 1.82) is 0 Å². The number of carbonyl (C=O) groups excluding carboxylic acids is 1. The minimum absolute atomic E-state index is 0.0835. The van der Waals surface area contributed by atoms with E-state index in [0.29, 0.717) is 18.2 Å². The van der Waals surface area contributed by atoms with Crippen LogP contribution >= 0.6 is 0 Å². The zero-order valence-corrected chi connectivity index (χ0v) is 11.4. The monoisotopic (exact) mass is 265 g/mol. The Morgan fingerprint density at radius 2 is 2.16 bits per heavy atom. The number of nitro groups is 1. The molecule has 0 saturated heterocycles. The number of nitrogens with one attached hydrogen (secondary N) is 2. The van der Waals surface area contributed by atoms with Crippen LogP contribution in [0.3, 0.4) is 0 Å². The first-order valence-corrected chi connectivity index (χ1v) is 6.24. The summed E-state index contributed by atoms with van der Waals surface area (Å²) in [4.78, 5) is 22.4. The standard InChI is InChI=1S/C13H19N3O3/c1-4-9(2)8-15-13(17)11-7-10(14-3)5-6-12(11)16(18)19/h5-7,9,14H,4,8H2,1-3H3,(H,15,17). The minimum Gasteiger partial charge on any atom is -0.388 e. The Balaban J connectivity index is 2.95. The number of nitrogens with zero attached hydrogens (tertiary/aromatic N) is 1. The van der Waals surface area contributed by atoms with Gasteiger partial charge in [0, 0.05) is 25.3 Å². The van der Waals surface area contributed by atoms with Crippen LogP contribution in [0.15, 0.2) is 18.2 Å². The number of benzene rings is 1. The van der Waals surface area contributed by atoms with Crippen LogP contribution in [0, 0.1) is 16.0 Å². The van der Waals surface area contributed by atoms with Crippen molar-refractivity contribution in [3.8, 4) is 0 Å². The van der Waals surface area contributed by atoms with E-state index in [1.807, 2.05) is 13.8 Å². The molecular weight excluding hydrogens is 246 g/mol. The maximum atomic E-state index is 12.0. The van der Waals surface area contributed by atoms with Crippen LogP contribution in [0.2, 0.25) is 0 Å². The highest BCUT2D eigenvalue weighted by atomic mass is 16.6. The highest BCUT2D eigenvalue weighted by Gasteiger charge is 2.20. The summed E-state index contributed by atoms with van der Waals surface area (Å²) in [6.07, 6.45) is 0.943. The van der Waals surface area contributed by atoms with E-state index in [4.69, 9.17) is 0 Å². The molecule has 1 aromatic rings.